The lowest BCUT2D eigenvalue weighted by Crippen LogP contribution is -2.31. The summed E-state index contributed by atoms with van der Waals surface area (Å²) in [4.78, 5) is 0. The van der Waals surface area contributed by atoms with Crippen LogP contribution in [0.2, 0.25) is 0 Å². The van der Waals surface area contributed by atoms with Gasteiger partial charge in [-0.1, -0.05) is 12.1 Å². The average molecular weight is 437 g/mol. The lowest BCUT2D eigenvalue weighted by molar-refractivity contribution is 0.296. The van der Waals surface area contributed by atoms with Gasteiger partial charge in [0, 0.05) is 13.0 Å². The number of nitrogen functional groups attached to an aromatic ring is 1. The van der Waals surface area contributed by atoms with Crippen molar-refractivity contribution in [3.63, 3.8) is 0 Å². The third kappa shape index (κ3) is 4.50. The summed E-state index contributed by atoms with van der Waals surface area (Å²) in [5.74, 6) is 1.86. The number of hydrogen-bond acceptors (Lipinski definition) is 5. The van der Waals surface area contributed by atoms with Gasteiger partial charge < -0.3 is 25.3 Å². The van der Waals surface area contributed by atoms with Gasteiger partial charge in [0.1, 0.15) is 11.6 Å². The van der Waals surface area contributed by atoms with Crippen LogP contribution in [0.4, 0.5) is 10.1 Å². The molecule has 32 heavy (non-hydrogen) atoms. The fourth-order valence-corrected chi connectivity index (χ4v) is 4.27. The lowest BCUT2D eigenvalue weighted by Gasteiger charge is -2.29. The molecule has 6 heteroatoms. The van der Waals surface area contributed by atoms with E-state index in [1.807, 2.05) is 31.2 Å². The van der Waals surface area contributed by atoms with E-state index in [0.717, 1.165) is 41.0 Å². The second kappa shape index (κ2) is 9.49. The van der Waals surface area contributed by atoms with E-state index in [1.54, 1.807) is 20.3 Å². The zero-order valence-electron chi connectivity index (χ0n) is 18.7. The van der Waals surface area contributed by atoms with Gasteiger partial charge in [0.15, 0.2) is 11.5 Å². The van der Waals surface area contributed by atoms with Crippen LogP contribution in [0.1, 0.15) is 33.9 Å². The highest BCUT2D eigenvalue weighted by Gasteiger charge is 2.25. The minimum Gasteiger partial charge on any atom is -0.495 e. The van der Waals surface area contributed by atoms with Crippen molar-refractivity contribution in [2.45, 2.75) is 25.8 Å². The predicted molar refractivity (Wildman–Crippen MR) is 124 cm³/mol. The first kappa shape index (κ1) is 22.0. The Labute approximate surface area is 188 Å². The number of anilines is 1. The largest absolute Gasteiger partial charge is 0.495 e. The second-order valence-corrected chi connectivity index (χ2v) is 8.01. The molecule has 0 amide bonds. The van der Waals surface area contributed by atoms with Crippen LogP contribution in [0.5, 0.6) is 17.2 Å². The molecule has 0 spiro atoms. The number of fused-ring (bicyclic) bond motifs is 1. The summed E-state index contributed by atoms with van der Waals surface area (Å²) in [6.07, 6.45) is 1.60. The zero-order valence-corrected chi connectivity index (χ0v) is 18.7. The summed E-state index contributed by atoms with van der Waals surface area (Å²) in [5, 5.41) is 3.57. The summed E-state index contributed by atoms with van der Waals surface area (Å²) in [6, 6.07) is 14.8. The number of nitrogens with two attached hydrogens (primary N) is 1. The van der Waals surface area contributed by atoms with Crippen molar-refractivity contribution in [2.75, 3.05) is 33.1 Å². The van der Waals surface area contributed by atoms with Crippen LogP contribution in [0.25, 0.3) is 0 Å². The number of ether oxygens (including phenoxy) is 3. The highest BCUT2D eigenvalue weighted by Crippen LogP contribution is 2.38. The van der Waals surface area contributed by atoms with Gasteiger partial charge in [-0.05, 0) is 77.6 Å². The fourth-order valence-electron chi connectivity index (χ4n) is 4.27. The van der Waals surface area contributed by atoms with E-state index in [-0.39, 0.29) is 11.9 Å². The van der Waals surface area contributed by atoms with E-state index in [2.05, 4.69) is 17.4 Å². The molecular formula is C26H29FN2O3. The molecule has 0 saturated heterocycles. The van der Waals surface area contributed by atoms with Gasteiger partial charge in [-0.15, -0.1) is 0 Å². The smallest absolute Gasteiger partial charge is 0.161 e. The topological polar surface area (TPSA) is 65.7 Å². The monoisotopic (exact) mass is 436 g/mol. The van der Waals surface area contributed by atoms with Crippen molar-refractivity contribution in [2.24, 2.45) is 0 Å². The molecule has 1 aliphatic heterocycles. The molecule has 0 radical (unpaired) electrons. The average Bonchev–Trinajstić information content (AvgIpc) is 2.79. The van der Waals surface area contributed by atoms with E-state index in [9.17, 15) is 4.39 Å². The van der Waals surface area contributed by atoms with Crippen molar-refractivity contribution < 1.29 is 18.6 Å². The third-order valence-corrected chi connectivity index (χ3v) is 5.97. The van der Waals surface area contributed by atoms with Crippen molar-refractivity contribution >= 4 is 5.69 Å². The quantitative estimate of drug-likeness (QED) is 0.531. The zero-order chi connectivity index (χ0) is 22.7. The van der Waals surface area contributed by atoms with Crippen LogP contribution in [0.3, 0.4) is 0 Å². The summed E-state index contributed by atoms with van der Waals surface area (Å²) in [6.45, 7) is 3.27. The van der Waals surface area contributed by atoms with Crippen molar-refractivity contribution in [1.29, 1.82) is 0 Å². The predicted octanol–water partition coefficient (Wildman–Crippen LogP) is 4.59. The number of nitrogens with one attached hydrogen (secondary N) is 1. The van der Waals surface area contributed by atoms with Crippen LogP contribution in [0.15, 0.2) is 48.5 Å². The molecular weight excluding hydrogens is 407 g/mol. The van der Waals surface area contributed by atoms with Crippen LogP contribution in [-0.4, -0.2) is 27.4 Å². The molecule has 0 bridgehead atoms. The Hall–Kier alpha value is -3.25. The summed E-state index contributed by atoms with van der Waals surface area (Å²) in [5.41, 5.74) is 11.9. The highest BCUT2D eigenvalue weighted by atomic mass is 19.1. The Morgan fingerprint density at radius 3 is 2.53 bits per heavy atom. The number of aryl methyl sites for hydroxylation is 1. The SMILES string of the molecule is COc1cc(CCOc2cc3c(cc2OC)CCNC3c2ccc(F)cc2C)ccc1N. The minimum atomic E-state index is -0.222. The standard InChI is InChI=1S/C26H29FN2O3/c1-16-12-19(27)5-6-20(16)26-21-15-25(24(31-3)14-18(21)8-10-29-26)32-11-9-17-4-7-22(28)23(13-17)30-2/h4-7,12-15,26,29H,8-11,28H2,1-3H3. The molecule has 3 N–H and O–H groups in total. The molecule has 0 fully saturated rings. The molecule has 1 unspecified atom stereocenters. The Morgan fingerprint density at radius 2 is 1.78 bits per heavy atom. The minimum absolute atomic E-state index is 0.0195. The fraction of sp³-hybridized carbons (Fsp3) is 0.308. The van der Waals surface area contributed by atoms with Gasteiger partial charge in [0.2, 0.25) is 0 Å². The van der Waals surface area contributed by atoms with E-state index in [1.165, 1.54) is 11.6 Å². The maximum atomic E-state index is 13.7. The highest BCUT2D eigenvalue weighted by molar-refractivity contribution is 5.54. The van der Waals surface area contributed by atoms with Gasteiger partial charge in [0.25, 0.3) is 0 Å². The van der Waals surface area contributed by atoms with Gasteiger partial charge in [0.05, 0.1) is 32.6 Å². The Kier molecular flexibility index (Phi) is 6.51. The molecule has 0 aromatic heterocycles. The summed E-state index contributed by atoms with van der Waals surface area (Å²) in [7, 11) is 3.26. The normalized spacial score (nSPS) is 15.2. The van der Waals surface area contributed by atoms with E-state index in [4.69, 9.17) is 19.9 Å². The first-order valence-corrected chi connectivity index (χ1v) is 10.8. The number of methoxy groups -OCH3 is 2. The first-order chi connectivity index (χ1) is 15.5. The van der Waals surface area contributed by atoms with E-state index >= 15 is 0 Å². The van der Waals surface area contributed by atoms with Crippen LogP contribution < -0.4 is 25.3 Å². The molecule has 1 aliphatic rings. The lowest BCUT2D eigenvalue weighted by atomic mass is 9.87. The van der Waals surface area contributed by atoms with Gasteiger partial charge >= 0.3 is 0 Å². The molecule has 0 saturated carbocycles. The molecule has 3 aromatic carbocycles. The number of halogens is 1. The number of rotatable bonds is 7. The Morgan fingerprint density at radius 1 is 0.969 bits per heavy atom. The Bertz CT molecular complexity index is 1120. The third-order valence-electron chi connectivity index (χ3n) is 5.97. The van der Waals surface area contributed by atoms with Crippen LogP contribution in [-0.2, 0) is 12.8 Å². The van der Waals surface area contributed by atoms with E-state index in [0.29, 0.717) is 30.2 Å². The van der Waals surface area contributed by atoms with E-state index < -0.39 is 0 Å². The summed E-state index contributed by atoms with van der Waals surface area (Å²) < 4.78 is 30.7. The van der Waals surface area contributed by atoms with Gasteiger partial charge in [-0.3, -0.25) is 0 Å². The molecule has 1 heterocycles. The number of benzene rings is 3. The van der Waals surface area contributed by atoms with Crippen molar-refractivity contribution in [3.05, 3.63) is 82.2 Å². The molecule has 168 valence electrons. The van der Waals surface area contributed by atoms with Crippen molar-refractivity contribution in [1.82, 2.24) is 5.32 Å². The molecule has 5 nitrogen and oxygen atoms in total. The molecule has 4 rings (SSSR count). The van der Waals surface area contributed by atoms with Gasteiger partial charge in [-0.2, -0.15) is 0 Å². The van der Waals surface area contributed by atoms with Crippen molar-refractivity contribution in [3.8, 4) is 17.2 Å². The van der Waals surface area contributed by atoms with Gasteiger partial charge in [-0.25, -0.2) is 4.39 Å². The second-order valence-electron chi connectivity index (χ2n) is 8.01. The van der Waals surface area contributed by atoms with Crippen LogP contribution in [0, 0.1) is 12.7 Å². The Balaban J connectivity index is 1.58. The molecule has 1 atom stereocenters. The maximum Gasteiger partial charge on any atom is 0.161 e. The molecule has 0 aliphatic carbocycles. The first-order valence-electron chi connectivity index (χ1n) is 10.8. The summed E-state index contributed by atoms with van der Waals surface area (Å²) >= 11 is 0. The molecule has 3 aromatic rings. The maximum absolute atomic E-state index is 13.7. The van der Waals surface area contributed by atoms with Crippen LogP contribution >= 0.6 is 0 Å². The number of hydrogen-bond donors (Lipinski definition) is 2.